The molecule has 0 radical (unpaired) electrons. The maximum absolute atomic E-state index is 3.37. The van der Waals surface area contributed by atoms with Crippen LogP contribution in [0.2, 0.25) is 0 Å². The minimum Gasteiger partial charge on any atom is -0.390 e. The number of hydrogen-bond acceptors (Lipinski definition) is 2. The van der Waals surface area contributed by atoms with E-state index in [2.05, 4.69) is 71.4 Å². The Morgan fingerprint density at radius 2 is 1.80 bits per heavy atom. The van der Waals surface area contributed by atoms with E-state index in [9.17, 15) is 0 Å². The fourth-order valence-electron chi connectivity index (χ4n) is 2.89. The van der Waals surface area contributed by atoms with Crippen molar-refractivity contribution in [3.05, 3.63) is 31.1 Å². The Hall–Kier alpha value is -1.45. The first-order valence-electron chi connectivity index (χ1n) is 10.4. The Balaban J connectivity index is 2.01. The summed E-state index contributed by atoms with van der Waals surface area (Å²) in [7, 11) is 2.16. The molecule has 0 bridgehead atoms. The largest absolute Gasteiger partial charge is 0.390 e. The molecule has 0 aliphatic carbocycles. The summed E-state index contributed by atoms with van der Waals surface area (Å²) < 4.78 is 4.65. The van der Waals surface area contributed by atoms with E-state index in [0.717, 1.165) is 26.2 Å². The van der Waals surface area contributed by atoms with Crippen LogP contribution in [0.5, 0.6) is 0 Å². The van der Waals surface area contributed by atoms with Crippen LogP contribution in [0.15, 0.2) is 31.1 Å². The lowest BCUT2D eigenvalue weighted by atomic mass is 10.2. The molecule has 0 aromatic carbocycles. The fraction of sp³-hybridized carbons (Fsp3) is 0.762. The van der Waals surface area contributed by atoms with Crippen LogP contribution in [0.1, 0.15) is 71.6 Å². The molecule has 1 heterocycles. The first-order valence-corrected chi connectivity index (χ1v) is 10.4. The van der Waals surface area contributed by atoms with Crippen molar-refractivity contribution in [1.82, 2.24) is 14.8 Å². The molecular formula is C21H41N4+. The predicted molar refractivity (Wildman–Crippen MR) is 107 cm³/mol. The number of aryl methyl sites for hydroxylation is 2. The Kier molecular flexibility index (Phi) is 12.8. The second-order valence-corrected chi connectivity index (χ2v) is 7.11. The van der Waals surface area contributed by atoms with Crippen molar-refractivity contribution in [3.8, 4) is 0 Å². The standard InChI is InChI=1S/C21H41N4/c1-4-6-9-13-22-14-18-23(3)15-11-8-12-17-25-20-19-24(21-25)16-10-7-5-2/h14,18-22H,4-13,15-17H2,1-3H3/q+1/b18-14-. The molecule has 1 rings (SSSR count). The summed E-state index contributed by atoms with van der Waals surface area (Å²) in [6, 6.07) is 0. The van der Waals surface area contributed by atoms with Gasteiger partial charge in [-0.2, -0.15) is 0 Å². The second-order valence-electron chi connectivity index (χ2n) is 7.11. The van der Waals surface area contributed by atoms with Crippen LogP contribution in [0.3, 0.4) is 0 Å². The smallest absolute Gasteiger partial charge is 0.243 e. The molecule has 4 heteroatoms. The van der Waals surface area contributed by atoms with Gasteiger partial charge in [0.2, 0.25) is 6.33 Å². The molecule has 1 aromatic heterocycles. The molecule has 0 saturated heterocycles. The van der Waals surface area contributed by atoms with Gasteiger partial charge in [-0.25, -0.2) is 9.13 Å². The molecule has 25 heavy (non-hydrogen) atoms. The molecular weight excluding hydrogens is 308 g/mol. The highest BCUT2D eigenvalue weighted by atomic mass is 15.1. The topological polar surface area (TPSA) is 24.1 Å². The zero-order valence-corrected chi connectivity index (χ0v) is 16.9. The number of nitrogens with one attached hydrogen (secondary N) is 1. The van der Waals surface area contributed by atoms with E-state index >= 15 is 0 Å². The van der Waals surface area contributed by atoms with Crippen molar-refractivity contribution in [2.24, 2.45) is 0 Å². The van der Waals surface area contributed by atoms with Gasteiger partial charge >= 0.3 is 0 Å². The van der Waals surface area contributed by atoms with Crippen LogP contribution in [-0.4, -0.2) is 29.6 Å². The highest BCUT2D eigenvalue weighted by molar-refractivity contribution is 4.78. The summed E-state index contributed by atoms with van der Waals surface area (Å²) in [4.78, 5) is 2.28. The van der Waals surface area contributed by atoms with Gasteiger partial charge in [-0.1, -0.05) is 33.1 Å². The van der Waals surface area contributed by atoms with E-state index in [-0.39, 0.29) is 0 Å². The number of imidazole rings is 1. The van der Waals surface area contributed by atoms with E-state index in [1.54, 1.807) is 0 Å². The van der Waals surface area contributed by atoms with Gasteiger partial charge in [0, 0.05) is 32.5 Å². The van der Waals surface area contributed by atoms with Crippen LogP contribution in [0.4, 0.5) is 0 Å². The molecule has 0 spiro atoms. The third-order valence-electron chi connectivity index (χ3n) is 4.56. The SMILES string of the molecule is CCCCCN/C=C\N(C)CCCCCn1cc[n+](CCCCC)c1. The average Bonchev–Trinajstić information content (AvgIpc) is 3.05. The normalized spacial score (nSPS) is 11.3. The number of nitrogens with zero attached hydrogens (tertiary/aromatic N) is 3. The van der Waals surface area contributed by atoms with Crippen molar-refractivity contribution in [1.29, 1.82) is 0 Å². The molecule has 0 aliphatic rings. The number of hydrogen-bond donors (Lipinski definition) is 1. The molecule has 4 nitrogen and oxygen atoms in total. The third kappa shape index (κ3) is 11.7. The lowest BCUT2D eigenvalue weighted by Crippen LogP contribution is -2.30. The number of rotatable bonds is 16. The summed E-state index contributed by atoms with van der Waals surface area (Å²) in [6.45, 7) is 9.02. The van der Waals surface area contributed by atoms with Gasteiger partial charge in [0.15, 0.2) is 0 Å². The minimum atomic E-state index is 1.09. The Labute approximate surface area is 155 Å². The molecule has 144 valence electrons. The molecule has 0 saturated carbocycles. The first-order chi connectivity index (χ1) is 12.3. The third-order valence-corrected chi connectivity index (χ3v) is 4.56. The molecule has 1 aromatic rings. The first kappa shape index (κ1) is 21.6. The molecule has 1 N–H and O–H groups in total. The number of unbranched alkanes of at least 4 members (excludes halogenated alkanes) is 6. The summed E-state index contributed by atoms with van der Waals surface area (Å²) in [5.74, 6) is 0. The van der Waals surface area contributed by atoms with Gasteiger partial charge in [-0.05, 0) is 38.5 Å². The Morgan fingerprint density at radius 1 is 1.00 bits per heavy atom. The van der Waals surface area contributed by atoms with Crippen LogP contribution in [0.25, 0.3) is 0 Å². The lowest BCUT2D eigenvalue weighted by Gasteiger charge is -2.13. The van der Waals surface area contributed by atoms with E-state index in [1.807, 2.05) is 0 Å². The zero-order valence-electron chi connectivity index (χ0n) is 16.9. The molecule has 0 unspecified atom stereocenters. The van der Waals surface area contributed by atoms with E-state index < -0.39 is 0 Å². The fourth-order valence-corrected chi connectivity index (χ4v) is 2.89. The van der Waals surface area contributed by atoms with Gasteiger partial charge in [0.25, 0.3) is 0 Å². The van der Waals surface area contributed by atoms with Gasteiger partial charge in [-0.3, -0.25) is 0 Å². The van der Waals surface area contributed by atoms with Crippen molar-refractivity contribution in [2.75, 3.05) is 20.1 Å². The van der Waals surface area contributed by atoms with Gasteiger partial charge in [-0.15, -0.1) is 0 Å². The van der Waals surface area contributed by atoms with Crippen molar-refractivity contribution >= 4 is 0 Å². The summed E-state index contributed by atoms with van der Waals surface area (Å²) in [6.07, 6.45) is 22.5. The Morgan fingerprint density at radius 3 is 2.60 bits per heavy atom. The van der Waals surface area contributed by atoms with E-state index in [1.165, 1.54) is 57.8 Å². The van der Waals surface area contributed by atoms with Gasteiger partial charge < -0.3 is 10.2 Å². The maximum Gasteiger partial charge on any atom is 0.243 e. The Bertz CT molecular complexity index is 439. The van der Waals surface area contributed by atoms with Crippen LogP contribution >= 0.6 is 0 Å². The molecule has 0 atom stereocenters. The predicted octanol–water partition coefficient (Wildman–Crippen LogP) is 4.32. The maximum atomic E-state index is 3.37. The minimum absolute atomic E-state index is 1.09. The van der Waals surface area contributed by atoms with E-state index in [4.69, 9.17) is 0 Å². The van der Waals surface area contributed by atoms with Gasteiger partial charge in [0.1, 0.15) is 12.4 Å². The van der Waals surface area contributed by atoms with Crippen molar-refractivity contribution in [2.45, 2.75) is 84.7 Å². The van der Waals surface area contributed by atoms with Crippen molar-refractivity contribution in [3.63, 3.8) is 0 Å². The molecule has 0 fully saturated rings. The van der Waals surface area contributed by atoms with Crippen LogP contribution in [-0.2, 0) is 13.1 Å². The van der Waals surface area contributed by atoms with Crippen molar-refractivity contribution < 1.29 is 4.57 Å². The van der Waals surface area contributed by atoms with Crippen LogP contribution in [0, 0.1) is 0 Å². The number of aromatic nitrogens is 2. The molecule has 0 aliphatic heterocycles. The van der Waals surface area contributed by atoms with Gasteiger partial charge in [0.05, 0.1) is 13.1 Å². The van der Waals surface area contributed by atoms with E-state index in [0.29, 0.717) is 0 Å². The second kappa shape index (κ2) is 14.9. The monoisotopic (exact) mass is 349 g/mol. The average molecular weight is 350 g/mol. The summed E-state index contributed by atoms with van der Waals surface area (Å²) in [5, 5.41) is 3.37. The zero-order chi connectivity index (χ0) is 18.2. The lowest BCUT2D eigenvalue weighted by molar-refractivity contribution is -0.696. The summed E-state index contributed by atoms with van der Waals surface area (Å²) >= 11 is 0. The highest BCUT2D eigenvalue weighted by Gasteiger charge is 2.03. The molecule has 0 amide bonds. The van der Waals surface area contributed by atoms with Crippen LogP contribution < -0.4 is 9.88 Å². The summed E-state index contributed by atoms with van der Waals surface area (Å²) in [5.41, 5.74) is 0. The quantitative estimate of drug-likeness (QED) is 0.355. The highest BCUT2D eigenvalue weighted by Crippen LogP contribution is 2.01.